The summed E-state index contributed by atoms with van der Waals surface area (Å²) in [5.41, 5.74) is 0. The zero-order chi connectivity index (χ0) is 21.2. The molecule has 1 aliphatic rings. The van der Waals surface area contributed by atoms with Crippen molar-refractivity contribution in [3.63, 3.8) is 0 Å². The lowest BCUT2D eigenvalue weighted by Crippen LogP contribution is -2.41. The lowest BCUT2D eigenvalue weighted by Gasteiger charge is -2.36. The van der Waals surface area contributed by atoms with Gasteiger partial charge in [-0.05, 0) is 61.5 Å². The van der Waals surface area contributed by atoms with E-state index in [9.17, 15) is 16.8 Å². The van der Waals surface area contributed by atoms with Crippen LogP contribution in [0.3, 0.4) is 0 Å². The van der Waals surface area contributed by atoms with Crippen LogP contribution < -0.4 is 4.72 Å². The van der Waals surface area contributed by atoms with Crippen LogP contribution in [0.1, 0.15) is 30.7 Å². The van der Waals surface area contributed by atoms with Crippen LogP contribution in [0, 0.1) is 5.92 Å². The van der Waals surface area contributed by atoms with Crippen molar-refractivity contribution in [3.05, 3.63) is 45.6 Å². The van der Waals surface area contributed by atoms with Crippen LogP contribution in [-0.2, 0) is 19.9 Å². The molecule has 0 aliphatic carbocycles. The molecular weight excluding hydrogens is 452 g/mol. The topological polar surface area (TPSA) is 83.6 Å². The molecule has 0 saturated carbocycles. The molecule has 2 aromatic rings. The van der Waals surface area contributed by atoms with Gasteiger partial charge in [-0.3, -0.25) is 4.90 Å². The molecule has 6 nitrogen and oxygen atoms in total. The van der Waals surface area contributed by atoms with Crippen molar-refractivity contribution in [1.29, 1.82) is 0 Å². The van der Waals surface area contributed by atoms with Crippen LogP contribution in [0.4, 0.5) is 0 Å². The quantitative estimate of drug-likeness (QED) is 0.660. The number of thiophene rings is 1. The predicted octanol–water partition coefficient (Wildman–Crippen LogP) is 3.56. The Hall–Kier alpha value is -0.970. The lowest BCUT2D eigenvalue weighted by molar-refractivity contribution is 0.141. The molecule has 1 atom stereocenters. The molecule has 10 heteroatoms. The second-order valence-electron chi connectivity index (χ2n) is 7.47. The number of rotatable bonds is 7. The summed E-state index contributed by atoms with van der Waals surface area (Å²) < 4.78 is 52.1. The summed E-state index contributed by atoms with van der Waals surface area (Å²) >= 11 is 7.69. The molecule has 160 valence electrons. The second kappa shape index (κ2) is 9.03. The van der Waals surface area contributed by atoms with Crippen molar-refractivity contribution in [2.75, 3.05) is 25.9 Å². The van der Waals surface area contributed by atoms with E-state index in [1.165, 1.54) is 12.1 Å². The molecule has 1 aliphatic heterocycles. The Morgan fingerprint density at radius 2 is 1.90 bits per heavy atom. The molecule has 1 N–H and O–H groups in total. The van der Waals surface area contributed by atoms with Crippen molar-refractivity contribution in [1.82, 2.24) is 9.62 Å². The van der Waals surface area contributed by atoms with E-state index >= 15 is 0 Å². The van der Waals surface area contributed by atoms with Crippen LogP contribution >= 0.6 is 22.9 Å². The van der Waals surface area contributed by atoms with E-state index in [-0.39, 0.29) is 27.4 Å². The van der Waals surface area contributed by atoms with E-state index in [0.717, 1.165) is 43.1 Å². The minimum Gasteiger partial charge on any atom is -0.294 e. The standard InChI is InChI=1S/C19H25ClN2O4S3/c1-14-7-9-22(10-8-14)17(18-4-3-11-27-18)13-21-29(25,26)19-12-15(28(2,23)24)5-6-16(19)20/h3-6,11-12,14,17,21H,7-10,13H2,1-2H3. The fourth-order valence-electron chi connectivity index (χ4n) is 3.42. The van der Waals surface area contributed by atoms with E-state index in [1.54, 1.807) is 11.3 Å². The summed E-state index contributed by atoms with van der Waals surface area (Å²) in [7, 11) is -7.53. The monoisotopic (exact) mass is 476 g/mol. The van der Waals surface area contributed by atoms with Crippen molar-refractivity contribution in [2.24, 2.45) is 5.92 Å². The van der Waals surface area contributed by atoms with Crippen molar-refractivity contribution in [2.45, 2.75) is 35.6 Å². The van der Waals surface area contributed by atoms with Crippen LogP contribution in [0.25, 0.3) is 0 Å². The molecule has 29 heavy (non-hydrogen) atoms. The van der Waals surface area contributed by atoms with Crippen LogP contribution in [0.2, 0.25) is 5.02 Å². The van der Waals surface area contributed by atoms with Crippen LogP contribution in [0.15, 0.2) is 45.5 Å². The highest BCUT2D eigenvalue weighted by Crippen LogP contribution is 2.30. The van der Waals surface area contributed by atoms with E-state index in [4.69, 9.17) is 11.6 Å². The Kier molecular flexibility index (Phi) is 7.07. The van der Waals surface area contributed by atoms with Crippen molar-refractivity contribution in [3.8, 4) is 0 Å². The van der Waals surface area contributed by atoms with Gasteiger partial charge in [0.2, 0.25) is 10.0 Å². The molecule has 1 fully saturated rings. The van der Waals surface area contributed by atoms with Gasteiger partial charge in [-0.15, -0.1) is 11.3 Å². The molecule has 0 spiro atoms. The second-order valence-corrected chi connectivity index (χ2v) is 12.6. The smallest absolute Gasteiger partial charge is 0.242 e. The average Bonchev–Trinajstić information content (AvgIpc) is 3.17. The van der Waals surface area contributed by atoms with Crippen LogP contribution in [-0.4, -0.2) is 47.6 Å². The Labute approximate surface area is 181 Å². The Balaban J connectivity index is 1.84. The number of benzene rings is 1. The van der Waals surface area contributed by atoms with Gasteiger partial charge < -0.3 is 0 Å². The number of hydrogen-bond acceptors (Lipinski definition) is 6. The third kappa shape index (κ3) is 5.59. The maximum Gasteiger partial charge on any atom is 0.242 e. The third-order valence-electron chi connectivity index (χ3n) is 5.22. The first-order valence-corrected chi connectivity index (χ1v) is 14.0. The van der Waals surface area contributed by atoms with E-state index in [2.05, 4.69) is 16.5 Å². The zero-order valence-corrected chi connectivity index (χ0v) is 19.5. The number of nitrogens with one attached hydrogen (secondary N) is 1. The molecular formula is C19H25ClN2O4S3. The van der Waals surface area contributed by atoms with Gasteiger partial charge in [-0.1, -0.05) is 24.6 Å². The normalized spacial score (nSPS) is 18.0. The zero-order valence-electron chi connectivity index (χ0n) is 16.3. The summed E-state index contributed by atoms with van der Waals surface area (Å²) in [5.74, 6) is 0.671. The molecule has 0 radical (unpaired) electrons. The number of sulfone groups is 1. The molecule has 3 rings (SSSR count). The van der Waals surface area contributed by atoms with Gasteiger partial charge in [0.15, 0.2) is 9.84 Å². The predicted molar refractivity (Wildman–Crippen MR) is 117 cm³/mol. The summed E-state index contributed by atoms with van der Waals surface area (Å²) in [6, 6.07) is 7.62. The number of halogens is 1. The maximum atomic E-state index is 12.9. The van der Waals surface area contributed by atoms with E-state index in [0.29, 0.717) is 5.92 Å². The Morgan fingerprint density at radius 1 is 1.21 bits per heavy atom. The van der Waals surface area contributed by atoms with E-state index < -0.39 is 19.9 Å². The molecule has 1 aromatic heterocycles. The minimum absolute atomic E-state index is 0.00984. The molecule has 0 bridgehead atoms. The van der Waals surface area contributed by atoms with Gasteiger partial charge in [0.05, 0.1) is 16.0 Å². The largest absolute Gasteiger partial charge is 0.294 e. The molecule has 2 heterocycles. The van der Waals surface area contributed by atoms with Gasteiger partial charge in [0.1, 0.15) is 4.90 Å². The number of likely N-dealkylation sites (tertiary alicyclic amines) is 1. The lowest BCUT2D eigenvalue weighted by atomic mass is 9.97. The first kappa shape index (κ1) is 22.7. The third-order valence-corrected chi connectivity index (χ3v) is 9.21. The van der Waals surface area contributed by atoms with E-state index in [1.807, 2.05) is 17.5 Å². The van der Waals surface area contributed by atoms with Crippen LogP contribution in [0.5, 0.6) is 0 Å². The van der Waals surface area contributed by atoms with Crippen molar-refractivity contribution >= 4 is 42.8 Å². The number of nitrogens with zero attached hydrogens (tertiary/aromatic N) is 1. The average molecular weight is 477 g/mol. The SMILES string of the molecule is CC1CCN(C(CNS(=O)(=O)c2cc(S(C)(=O)=O)ccc2Cl)c2cccs2)CC1. The van der Waals surface area contributed by atoms with Gasteiger partial charge in [-0.2, -0.15) is 0 Å². The number of hydrogen-bond donors (Lipinski definition) is 1. The van der Waals surface area contributed by atoms with Gasteiger partial charge in [0.25, 0.3) is 0 Å². The maximum absolute atomic E-state index is 12.9. The summed E-state index contributed by atoms with van der Waals surface area (Å²) in [4.78, 5) is 3.10. The fraction of sp³-hybridized carbons (Fsp3) is 0.474. The number of piperidine rings is 1. The summed E-state index contributed by atoms with van der Waals surface area (Å²) in [5, 5.41) is 1.97. The molecule has 1 aromatic carbocycles. The van der Waals surface area contributed by atoms with Gasteiger partial charge >= 0.3 is 0 Å². The van der Waals surface area contributed by atoms with Gasteiger partial charge in [0, 0.05) is 17.7 Å². The Bertz CT molecular complexity index is 1050. The first-order chi connectivity index (χ1) is 13.6. The molecule has 1 unspecified atom stereocenters. The highest BCUT2D eigenvalue weighted by Gasteiger charge is 2.28. The first-order valence-electron chi connectivity index (χ1n) is 9.34. The number of sulfonamides is 1. The van der Waals surface area contributed by atoms with Gasteiger partial charge in [-0.25, -0.2) is 21.6 Å². The molecule has 0 amide bonds. The fourth-order valence-corrected chi connectivity index (χ4v) is 6.56. The van der Waals surface area contributed by atoms with Crippen molar-refractivity contribution < 1.29 is 16.8 Å². The summed E-state index contributed by atoms with van der Waals surface area (Å²) in [6.45, 7) is 4.25. The summed E-state index contributed by atoms with van der Waals surface area (Å²) in [6.07, 6.45) is 3.19. The highest BCUT2D eigenvalue weighted by molar-refractivity contribution is 7.91. The Morgan fingerprint density at radius 3 is 2.48 bits per heavy atom. The minimum atomic E-state index is -3.98. The highest BCUT2D eigenvalue weighted by atomic mass is 35.5. The molecule has 1 saturated heterocycles.